The molecule has 1 aromatic heterocycles. The molecule has 0 radical (unpaired) electrons. The van der Waals surface area contributed by atoms with Crippen LogP contribution in [0.5, 0.6) is 0 Å². The average molecular weight is 352 g/mol. The molecule has 0 aliphatic heterocycles. The van der Waals surface area contributed by atoms with Gasteiger partial charge < -0.3 is 9.88 Å². The molecule has 1 aliphatic carbocycles. The Morgan fingerprint density at radius 2 is 1.96 bits per heavy atom. The molecule has 4 rings (SSSR count). The van der Waals surface area contributed by atoms with Gasteiger partial charge in [-0.05, 0) is 49.6 Å². The van der Waals surface area contributed by atoms with Crippen LogP contribution >= 0.6 is 11.8 Å². The van der Waals surface area contributed by atoms with Crippen molar-refractivity contribution >= 4 is 34.1 Å². The number of benzene rings is 2. The smallest absolute Gasteiger partial charge is 0.237 e. The average Bonchev–Trinajstić information content (AvgIpc) is 3.38. The molecule has 1 heterocycles. The second-order valence-corrected chi connectivity index (χ2v) is 7.75. The predicted octanol–water partition coefficient (Wildman–Crippen LogP) is 4.19. The van der Waals surface area contributed by atoms with E-state index in [0.717, 1.165) is 27.4 Å². The van der Waals surface area contributed by atoms with Crippen LogP contribution in [0, 0.1) is 6.92 Å². The van der Waals surface area contributed by atoms with Gasteiger partial charge in [-0.2, -0.15) is 0 Å². The number of thioether (sulfide) groups is 1. The Labute approximate surface area is 150 Å². The van der Waals surface area contributed by atoms with Crippen LogP contribution in [0.4, 0.5) is 5.69 Å². The number of nitrogens with zero attached hydrogens (tertiary/aromatic N) is 3. The lowest BCUT2D eigenvalue weighted by Crippen LogP contribution is -2.23. The molecule has 1 fully saturated rings. The van der Waals surface area contributed by atoms with E-state index in [-0.39, 0.29) is 11.2 Å². The third-order valence-corrected chi connectivity index (χ3v) is 5.47. The molecule has 128 valence electrons. The van der Waals surface area contributed by atoms with Crippen LogP contribution in [0.2, 0.25) is 0 Å². The van der Waals surface area contributed by atoms with Gasteiger partial charge in [0.2, 0.25) is 5.91 Å². The molecular weight excluding hydrogens is 332 g/mol. The van der Waals surface area contributed by atoms with Crippen LogP contribution in [0.15, 0.2) is 47.6 Å². The van der Waals surface area contributed by atoms with Crippen molar-refractivity contribution in [2.24, 2.45) is 0 Å². The molecule has 5 nitrogen and oxygen atoms in total. The topological polar surface area (TPSA) is 59.8 Å². The highest BCUT2D eigenvalue weighted by Crippen LogP contribution is 2.39. The first-order valence-electron chi connectivity index (χ1n) is 8.49. The Kier molecular flexibility index (Phi) is 4.21. The molecule has 3 aromatic rings. The van der Waals surface area contributed by atoms with Gasteiger partial charge in [-0.3, -0.25) is 4.79 Å². The van der Waals surface area contributed by atoms with E-state index < -0.39 is 0 Å². The predicted molar refractivity (Wildman–Crippen MR) is 101 cm³/mol. The summed E-state index contributed by atoms with van der Waals surface area (Å²) in [5.74, 6) is 0.899. The maximum Gasteiger partial charge on any atom is 0.237 e. The molecule has 25 heavy (non-hydrogen) atoms. The zero-order valence-corrected chi connectivity index (χ0v) is 15.1. The third-order valence-electron chi connectivity index (χ3n) is 4.42. The molecule has 1 aliphatic rings. The standard InChI is InChI=1S/C19H20N4OS/c1-12(25-19-22-21-13(2)23(19)17-9-10-17)18(24)20-16-8-7-14-5-3-4-6-15(14)11-16/h3-8,11-12,17H,9-10H2,1-2H3,(H,20,24)/t12-/m0/s1. The lowest BCUT2D eigenvalue weighted by molar-refractivity contribution is -0.115. The van der Waals surface area contributed by atoms with Gasteiger partial charge in [-0.1, -0.05) is 42.1 Å². The first-order valence-corrected chi connectivity index (χ1v) is 9.37. The summed E-state index contributed by atoms with van der Waals surface area (Å²) >= 11 is 1.47. The first kappa shape index (κ1) is 16.1. The number of anilines is 1. The number of amides is 1. The Bertz CT molecular complexity index is 932. The number of hydrogen-bond donors (Lipinski definition) is 1. The van der Waals surface area contributed by atoms with Crippen LogP contribution in [-0.4, -0.2) is 25.9 Å². The molecule has 1 saturated carbocycles. The van der Waals surface area contributed by atoms with Crippen molar-refractivity contribution in [3.63, 3.8) is 0 Å². The molecule has 0 saturated heterocycles. The van der Waals surface area contributed by atoms with Crippen LogP contribution < -0.4 is 5.32 Å². The van der Waals surface area contributed by atoms with Gasteiger partial charge in [0.1, 0.15) is 5.82 Å². The normalized spacial score (nSPS) is 15.3. The second-order valence-electron chi connectivity index (χ2n) is 6.44. The minimum absolute atomic E-state index is 0.0247. The quantitative estimate of drug-likeness (QED) is 0.699. The van der Waals surface area contributed by atoms with Crippen LogP contribution in [-0.2, 0) is 4.79 Å². The van der Waals surface area contributed by atoms with Crippen LogP contribution in [0.1, 0.15) is 31.6 Å². The number of carbonyl (C=O) groups is 1. The maximum absolute atomic E-state index is 12.6. The molecule has 0 bridgehead atoms. The van der Waals surface area contributed by atoms with Gasteiger partial charge >= 0.3 is 0 Å². The van der Waals surface area contributed by atoms with Crippen LogP contribution in [0.3, 0.4) is 0 Å². The van der Waals surface area contributed by atoms with E-state index in [1.54, 1.807) is 0 Å². The van der Waals surface area contributed by atoms with Crippen molar-refractivity contribution < 1.29 is 4.79 Å². The maximum atomic E-state index is 12.6. The highest BCUT2D eigenvalue weighted by atomic mass is 32.2. The Hall–Kier alpha value is -2.34. The van der Waals surface area contributed by atoms with E-state index in [1.807, 2.05) is 50.2 Å². The van der Waals surface area contributed by atoms with Gasteiger partial charge in [0.15, 0.2) is 5.16 Å². The van der Waals surface area contributed by atoms with E-state index in [9.17, 15) is 4.79 Å². The zero-order chi connectivity index (χ0) is 17.4. The number of nitrogens with one attached hydrogen (secondary N) is 1. The molecule has 1 N–H and O–H groups in total. The summed E-state index contributed by atoms with van der Waals surface area (Å²) in [5, 5.41) is 14.3. The molecule has 0 spiro atoms. The summed E-state index contributed by atoms with van der Waals surface area (Å²) in [7, 11) is 0. The highest BCUT2D eigenvalue weighted by molar-refractivity contribution is 8.00. The van der Waals surface area contributed by atoms with E-state index in [0.29, 0.717) is 6.04 Å². The number of carbonyl (C=O) groups excluding carboxylic acids is 1. The van der Waals surface area contributed by atoms with Gasteiger partial charge in [0.05, 0.1) is 5.25 Å². The lowest BCUT2D eigenvalue weighted by atomic mass is 10.1. The number of hydrogen-bond acceptors (Lipinski definition) is 4. The minimum Gasteiger partial charge on any atom is -0.325 e. The van der Waals surface area contributed by atoms with Gasteiger partial charge in [0, 0.05) is 11.7 Å². The summed E-state index contributed by atoms with van der Waals surface area (Å²) in [5.41, 5.74) is 0.816. The summed E-state index contributed by atoms with van der Waals surface area (Å²) in [6.07, 6.45) is 2.34. The number of aromatic nitrogens is 3. The summed E-state index contributed by atoms with van der Waals surface area (Å²) in [6, 6.07) is 14.6. The molecule has 1 atom stereocenters. The molecule has 0 unspecified atom stereocenters. The summed E-state index contributed by atoms with van der Waals surface area (Å²) in [4.78, 5) is 12.6. The Morgan fingerprint density at radius 3 is 2.72 bits per heavy atom. The monoisotopic (exact) mass is 352 g/mol. The summed E-state index contributed by atoms with van der Waals surface area (Å²) < 4.78 is 2.16. The Balaban J connectivity index is 1.46. The van der Waals surface area contributed by atoms with Gasteiger partial charge in [0.25, 0.3) is 0 Å². The largest absolute Gasteiger partial charge is 0.325 e. The fourth-order valence-corrected chi connectivity index (χ4v) is 3.87. The van der Waals surface area contributed by atoms with Crippen molar-refractivity contribution in [3.8, 4) is 0 Å². The number of rotatable bonds is 5. The summed E-state index contributed by atoms with van der Waals surface area (Å²) in [6.45, 7) is 3.87. The SMILES string of the molecule is Cc1nnc(S[C@@H](C)C(=O)Nc2ccc3ccccc3c2)n1C1CC1. The molecular formula is C19H20N4OS. The number of fused-ring (bicyclic) bond motifs is 1. The molecule has 6 heteroatoms. The van der Waals surface area contributed by atoms with E-state index >= 15 is 0 Å². The zero-order valence-electron chi connectivity index (χ0n) is 14.3. The fourth-order valence-electron chi connectivity index (χ4n) is 2.91. The highest BCUT2D eigenvalue weighted by Gasteiger charge is 2.29. The first-order chi connectivity index (χ1) is 12.1. The van der Waals surface area contributed by atoms with Crippen molar-refractivity contribution in [3.05, 3.63) is 48.3 Å². The van der Waals surface area contributed by atoms with E-state index in [4.69, 9.17) is 0 Å². The van der Waals surface area contributed by atoms with Crippen molar-refractivity contribution in [2.45, 2.75) is 43.1 Å². The third kappa shape index (κ3) is 3.39. The Morgan fingerprint density at radius 1 is 1.20 bits per heavy atom. The van der Waals surface area contributed by atoms with E-state index in [1.165, 1.54) is 24.6 Å². The van der Waals surface area contributed by atoms with Crippen molar-refractivity contribution in [2.75, 3.05) is 5.32 Å². The number of aryl methyl sites for hydroxylation is 1. The fraction of sp³-hybridized carbons (Fsp3) is 0.316. The van der Waals surface area contributed by atoms with Gasteiger partial charge in [-0.25, -0.2) is 0 Å². The molecule has 2 aromatic carbocycles. The molecule has 1 amide bonds. The second kappa shape index (κ2) is 6.52. The van der Waals surface area contributed by atoms with Gasteiger partial charge in [-0.15, -0.1) is 10.2 Å². The van der Waals surface area contributed by atoms with E-state index in [2.05, 4.69) is 26.1 Å². The van der Waals surface area contributed by atoms with Crippen molar-refractivity contribution in [1.29, 1.82) is 0 Å². The van der Waals surface area contributed by atoms with Crippen molar-refractivity contribution in [1.82, 2.24) is 14.8 Å². The lowest BCUT2D eigenvalue weighted by Gasteiger charge is -2.13. The minimum atomic E-state index is -0.243. The van der Waals surface area contributed by atoms with Crippen LogP contribution in [0.25, 0.3) is 10.8 Å².